The van der Waals surface area contributed by atoms with Gasteiger partial charge in [-0.1, -0.05) is 18.2 Å². The fourth-order valence-electron chi connectivity index (χ4n) is 0.837. The van der Waals surface area contributed by atoms with Crippen LogP contribution in [0.2, 0.25) is 0 Å². The van der Waals surface area contributed by atoms with Crippen molar-refractivity contribution in [3.8, 4) is 5.75 Å². The highest BCUT2D eigenvalue weighted by molar-refractivity contribution is 5.86. The number of methoxy groups -OCH3 is 1. The minimum Gasteiger partial charge on any atom is -0.511 e. The van der Waals surface area contributed by atoms with E-state index in [0.29, 0.717) is 12.0 Å². The smallest absolute Gasteiger partial charge is 0.377 e. The molecular weight excluding hydrogens is 184 g/mol. The summed E-state index contributed by atoms with van der Waals surface area (Å²) in [4.78, 5) is 11.0. The number of hydrogen-bond donors (Lipinski definition) is 1. The van der Waals surface area contributed by atoms with E-state index in [9.17, 15) is 4.79 Å². The molecule has 1 rings (SSSR count). The van der Waals surface area contributed by atoms with E-state index in [-0.39, 0.29) is 5.76 Å². The van der Waals surface area contributed by atoms with E-state index < -0.39 is 5.97 Å². The van der Waals surface area contributed by atoms with Crippen LogP contribution in [0.25, 0.3) is 0 Å². The van der Waals surface area contributed by atoms with E-state index in [1.807, 2.05) is 6.07 Å². The number of benzene rings is 1. The molecule has 0 radical (unpaired) electrons. The number of para-hydroxylation sites is 1. The number of aliphatic hydroxyl groups is 1. The van der Waals surface area contributed by atoms with E-state index in [1.54, 1.807) is 24.3 Å². The third-order valence-corrected chi connectivity index (χ3v) is 1.47. The van der Waals surface area contributed by atoms with Crippen LogP contribution in [0.15, 0.2) is 42.4 Å². The molecule has 0 heterocycles. The molecule has 4 nitrogen and oxygen atoms in total. The van der Waals surface area contributed by atoms with Crippen LogP contribution in [-0.4, -0.2) is 18.2 Å². The monoisotopic (exact) mass is 194 g/mol. The topological polar surface area (TPSA) is 55.8 Å². The van der Waals surface area contributed by atoms with Crippen LogP contribution in [0.1, 0.15) is 0 Å². The molecule has 0 spiro atoms. The van der Waals surface area contributed by atoms with Gasteiger partial charge in [0.05, 0.1) is 7.11 Å². The maximum absolute atomic E-state index is 11.0. The molecular formula is C10H10O4. The summed E-state index contributed by atoms with van der Waals surface area (Å²) in [5.41, 5.74) is 0. The van der Waals surface area contributed by atoms with Crippen LogP contribution in [-0.2, 0) is 9.53 Å². The van der Waals surface area contributed by atoms with Crippen molar-refractivity contribution in [3.05, 3.63) is 42.4 Å². The van der Waals surface area contributed by atoms with Gasteiger partial charge in [-0.25, -0.2) is 4.79 Å². The van der Waals surface area contributed by atoms with Gasteiger partial charge in [-0.3, -0.25) is 0 Å². The number of carbonyl (C=O) groups is 1. The number of aliphatic hydroxyl groups excluding tert-OH is 1. The predicted octanol–water partition coefficient (Wildman–Crippen LogP) is 1.64. The van der Waals surface area contributed by atoms with Gasteiger partial charge in [0.15, 0.2) is 0 Å². The molecule has 0 saturated heterocycles. The Balaban J connectivity index is 2.73. The molecule has 0 amide bonds. The normalized spacial score (nSPS) is 10.8. The Morgan fingerprint density at radius 3 is 2.50 bits per heavy atom. The van der Waals surface area contributed by atoms with Crippen molar-refractivity contribution in [1.82, 2.24) is 0 Å². The van der Waals surface area contributed by atoms with Gasteiger partial charge in [0, 0.05) is 0 Å². The number of esters is 1. The second-order valence-electron chi connectivity index (χ2n) is 2.40. The first-order valence-electron chi connectivity index (χ1n) is 3.93. The maximum atomic E-state index is 11.0. The largest absolute Gasteiger partial charge is 0.511 e. The zero-order valence-electron chi connectivity index (χ0n) is 7.64. The van der Waals surface area contributed by atoms with E-state index in [0.717, 1.165) is 0 Å². The Labute approximate surface area is 81.4 Å². The second kappa shape index (κ2) is 4.91. The molecule has 0 bridgehead atoms. The standard InChI is InChI=1S/C10H10O4/c1-13-10(12)9(7-11)14-8-5-3-2-4-6-8/h2-7,11H,1H3/b9-7-. The van der Waals surface area contributed by atoms with Gasteiger partial charge in [-0.05, 0) is 12.1 Å². The van der Waals surface area contributed by atoms with E-state index in [1.165, 1.54) is 7.11 Å². The van der Waals surface area contributed by atoms with E-state index in [4.69, 9.17) is 9.84 Å². The van der Waals surface area contributed by atoms with Crippen molar-refractivity contribution in [2.45, 2.75) is 0 Å². The van der Waals surface area contributed by atoms with Crippen LogP contribution in [0.4, 0.5) is 0 Å². The van der Waals surface area contributed by atoms with E-state index >= 15 is 0 Å². The minimum atomic E-state index is -0.726. The lowest BCUT2D eigenvalue weighted by molar-refractivity contribution is -0.138. The van der Waals surface area contributed by atoms with Gasteiger partial charge in [-0.15, -0.1) is 0 Å². The van der Waals surface area contributed by atoms with Crippen molar-refractivity contribution < 1.29 is 19.4 Å². The van der Waals surface area contributed by atoms with Crippen molar-refractivity contribution in [2.24, 2.45) is 0 Å². The second-order valence-corrected chi connectivity index (χ2v) is 2.40. The van der Waals surface area contributed by atoms with Gasteiger partial charge in [0.25, 0.3) is 0 Å². The molecule has 0 unspecified atom stereocenters. The summed E-state index contributed by atoms with van der Waals surface area (Å²) < 4.78 is 9.44. The Hall–Kier alpha value is -1.97. The fourth-order valence-corrected chi connectivity index (χ4v) is 0.837. The minimum absolute atomic E-state index is 0.251. The maximum Gasteiger partial charge on any atom is 0.377 e. The molecule has 0 aliphatic carbocycles. The fraction of sp³-hybridized carbons (Fsp3) is 0.100. The molecule has 1 aromatic rings. The lowest BCUT2D eigenvalue weighted by Crippen LogP contribution is -2.10. The third-order valence-electron chi connectivity index (χ3n) is 1.47. The van der Waals surface area contributed by atoms with Crippen molar-refractivity contribution in [2.75, 3.05) is 7.11 Å². The van der Waals surface area contributed by atoms with Crippen molar-refractivity contribution >= 4 is 5.97 Å². The van der Waals surface area contributed by atoms with Crippen LogP contribution in [0, 0.1) is 0 Å². The first kappa shape index (κ1) is 10.1. The van der Waals surface area contributed by atoms with Crippen LogP contribution >= 0.6 is 0 Å². The molecule has 1 aromatic carbocycles. The van der Waals surface area contributed by atoms with Crippen molar-refractivity contribution in [1.29, 1.82) is 0 Å². The zero-order chi connectivity index (χ0) is 10.4. The van der Waals surface area contributed by atoms with Gasteiger partial charge >= 0.3 is 5.97 Å². The average molecular weight is 194 g/mol. The molecule has 0 aliphatic heterocycles. The first-order valence-corrected chi connectivity index (χ1v) is 3.93. The molecule has 4 heteroatoms. The third kappa shape index (κ3) is 2.52. The molecule has 74 valence electrons. The van der Waals surface area contributed by atoms with Crippen LogP contribution < -0.4 is 4.74 Å². The van der Waals surface area contributed by atoms with Crippen molar-refractivity contribution in [3.63, 3.8) is 0 Å². The Morgan fingerprint density at radius 1 is 1.36 bits per heavy atom. The van der Waals surface area contributed by atoms with Gasteiger partial charge in [0.2, 0.25) is 5.76 Å². The van der Waals surface area contributed by atoms with E-state index in [2.05, 4.69) is 4.74 Å². The first-order chi connectivity index (χ1) is 6.77. The quantitative estimate of drug-likeness (QED) is 0.451. The molecule has 0 aromatic heterocycles. The Morgan fingerprint density at radius 2 is 2.00 bits per heavy atom. The summed E-state index contributed by atoms with van der Waals surface area (Å²) in [5, 5.41) is 8.70. The highest BCUT2D eigenvalue weighted by Gasteiger charge is 2.11. The van der Waals surface area contributed by atoms with Crippen LogP contribution in [0.5, 0.6) is 5.75 Å². The average Bonchev–Trinajstić information content (AvgIpc) is 2.26. The zero-order valence-corrected chi connectivity index (χ0v) is 7.64. The molecule has 14 heavy (non-hydrogen) atoms. The SMILES string of the molecule is COC(=O)/C(=C/O)Oc1ccccc1. The summed E-state index contributed by atoms with van der Waals surface area (Å²) in [6.07, 6.45) is 0.568. The van der Waals surface area contributed by atoms with Gasteiger partial charge in [0.1, 0.15) is 12.0 Å². The molecule has 0 fully saturated rings. The summed E-state index contributed by atoms with van der Waals surface area (Å²) in [7, 11) is 1.21. The molecule has 1 N–H and O–H groups in total. The highest BCUT2D eigenvalue weighted by Crippen LogP contribution is 2.12. The summed E-state index contributed by atoms with van der Waals surface area (Å²) in [6.45, 7) is 0. The number of hydrogen-bond acceptors (Lipinski definition) is 4. The van der Waals surface area contributed by atoms with Crippen LogP contribution in [0.3, 0.4) is 0 Å². The molecule has 0 aliphatic rings. The summed E-state index contributed by atoms with van der Waals surface area (Å²) >= 11 is 0. The van der Waals surface area contributed by atoms with Gasteiger partial charge in [-0.2, -0.15) is 0 Å². The summed E-state index contributed by atoms with van der Waals surface area (Å²) in [5.74, 6) is -0.520. The summed E-state index contributed by atoms with van der Waals surface area (Å²) in [6, 6.07) is 8.63. The highest BCUT2D eigenvalue weighted by atomic mass is 16.6. The Bertz CT molecular complexity index is 329. The lowest BCUT2D eigenvalue weighted by Gasteiger charge is -2.05. The number of ether oxygens (including phenoxy) is 2. The Kier molecular flexibility index (Phi) is 3.55. The number of rotatable bonds is 3. The predicted molar refractivity (Wildman–Crippen MR) is 49.8 cm³/mol. The molecule has 0 atom stereocenters. The number of carbonyl (C=O) groups excluding carboxylic acids is 1. The molecule has 0 saturated carbocycles. The van der Waals surface area contributed by atoms with Gasteiger partial charge < -0.3 is 14.6 Å². The lowest BCUT2D eigenvalue weighted by atomic mass is 10.3.